The Morgan fingerprint density at radius 1 is 0.886 bits per heavy atom. The van der Waals surface area contributed by atoms with Crippen LogP contribution in [-0.4, -0.2) is 29.4 Å². The van der Waals surface area contributed by atoms with Gasteiger partial charge in [0, 0.05) is 42.0 Å². The fourth-order valence-electron chi connectivity index (χ4n) is 3.71. The van der Waals surface area contributed by atoms with Crippen molar-refractivity contribution >= 4 is 17.5 Å². The molecule has 1 aromatic heterocycles. The molecule has 0 saturated carbocycles. The largest absolute Gasteiger partial charge is 0.493 e. The number of halogens is 1. The third kappa shape index (κ3) is 6.84. The Balaban J connectivity index is 1.51. The predicted octanol–water partition coefficient (Wildman–Crippen LogP) is 6.21. The van der Waals surface area contributed by atoms with E-state index in [9.17, 15) is 4.79 Å². The number of pyridine rings is 1. The van der Waals surface area contributed by atoms with E-state index in [0.717, 1.165) is 16.8 Å². The molecule has 5 nitrogen and oxygen atoms in total. The molecule has 4 aromatic rings. The second-order valence-corrected chi connectivity index (χ2v) is 8.50. The van der Waals surface area contributed by atoms with Gasteiger partial charge in [0.1, 0.15) is 6.61 Å². The van der Waals surface area contributed by atoms with Crippen molar-refractivity contribution in [1.82, 2.24) is 9.88 Å². The van der Waals surface area contributed by atoms with E-state index < -0.39 is 0 Å². The molecule has 4 rings (SSSR count). The topological polar surface area (TPSA) is 51.7 Å². The molecule has 35 heavy (non-hydrogen) atoms. The molecule has 3 aromatic carbocycles. The molecule has 0 unspecified atom stereocenters. The molecule has 0 spiro atoms. The van der Waals surface area contributed by atoms with Gasteiger partial charge < -0.3 is 14.4 Å². The highest BCUT2D eigenvalue weighted by Gasteiger charge is 2.18. The smallest absolute Gasteiger partial charge is 0.254 e. The maximum atomic E-state index is 13.4. The average molecular weight is 487 g/mol. The Morgan fingerprint density at radius 3 is 2.37 bits per heavy atom. The lowest BCUT2D eigenvalue weighted by molar-refractivity contribution is 0.0744. The first-order valence-corrected chi connectivity index (χ1v) is 11.8. The van der Waals surface area contributed by atoms with Crippen molar-refractivity contribution in [1.29, 1.82) is 0 Å². The van der Waals surface area contributed by atoms with Crippen molar-refractivity contribution < 1.29 is 14.3 Å². The van der Waals surface area contributed by atoms with E-state index in [1.807, 2.05) is 71.6 Å². The van der Waals surface area contributed by atoms with Crippen LogP contribution in [0.4, 0.5) is 0 Å². The highest BCUT2D eigenvalue weighted by atomic mass is 35.5. The van der Waals surface area contributed by atoms with Gasteiger partial charge in [-0.3, -0.25) is 9.78 Å². The highest BCUT2D eigenvalue weighted by molar-refractivity contribution is 6.30. The Hall–Kier alpha value is -3.83. The van der Waals surface area contributed by atoms with Crippen LogP contribution < -0.4 is 9.47 Å². The number of methoxy groups -OCH3 is 1. The van der Waals surface area contributed by atoms with E-state index in [1.165, 1.54) is 0 Å². The lowest BCUT2D eigenvalue weighted by Gasteiger charge is -2.23. The zero-order chi connectivity index (χ0) is 24.5. The number of hydrogen-bond donors (Lipinski definition) is 0. The Labute approximate surface area is 210 Å². The summed E-state index contributed by atoms with van der Waals surface area (Å²) in [5.41, 5.74) is 3.54. The number of rotatable bonds is 10. The lowest BCUT2D eigenvalue weighted by Crippen LogP contribution is -2.32. The first-order valence-electron chi connectivity index (χ1n) is 11.4. The van der Waals surface area contributed by atoms with Crippen LogP contribution in [0.2, 0.25) is 5.02 Å². The zero-order valence-corrected chi connectivity index (χ0v) is 20.3. The van der Waals surface area contributed by atoms with E-state index in [2.05, 4.69) is 4.98 Å². The van der Waals surface area contributed by atoms with E-state index in [-0.39, 0.29) is 5.91 Å². The van der Waals surface area contributed by atoms with Crippen LogP contribution >= 0.6 is 11.6 Å². The Morgan fingerprint density at radius 2 is 1.66 bits per heavy atom. The number of carbonyl (C=O) groups is 1. The van der Waals surface area contributed by atoms with Crippen molar-refractivity contribution in [3.8, 4) is 11.5 Å². The summed E-state index contributed by atoms with van der Waals surface area (Å²) < 4.78 is 11.6. The SMILES string of the molecule is COc1cc(CN(CCc2ccccn2)C(=O)c2ccc(Cl)cc2)ccc1OCc1ccccc1. The van der Waals surface area contributed by atoms with Gasteiger partial charge in [-0.2, -0.15) is 0 Å². The molecule has 1 heterocycles. The summed E-state index contributed by atoms with van der Waals surface area (Å²) in [7, 11) is 1.62. The minimum atomic E-state index is -0.0685. The summed E-state index contributed by atoms with van der Waals surface area (Å²) in [6.07, 6.45) is 2.41. The minimum Gasteiger partial charge on any atom is -0.493 e. The number of aromatic nitrogens is 1. The van der Waals surface area contributed by atoms with Gasteiger partial charge in [0.05, 0.1) is 7.11 Å². The fourth-order valence-corrected chi connectivity index (χ4v) is 3.83. The molecular weight excluding hydrogens is 460 g/mol. The molecule has 1 amide bonds. The fraction of sp³-hybridized carbons (Fsp3) is 0.172. The molecule has 0 atom stereocenters. The summed E-state index contributed by atoms with van der Waals surface area (Å²) in [5, 5.41) is 0.595. The number of ether oxygens (including phenoxy) is 2. The normalized spacial score (nSPS) is 10.6. The highest BCUT2D eigenvalue weighted by Crippen LogP contribution is 2.29. The maximum Gasteiger partial charge on any atom is 0.254 e. The standard InChI is InChI=1S/C29H27ClN2O3/c1-34-28-19-23(10-15-27(28)35-21-22-7-3-2-4-8-22)20-32(18-16-26-9-5-6-17-31-26)29(33)24-11-13-25(30)14-12-24/h2-15,17,19H,16,18,20-21H2,1H3. The van der Waals surface area contributed by atoms with Crippen molar-refractivity contribution in [3.05, 3.63) is 125 Å². The van der Waals surface area contributed by atoms with E-state index in [0.29, 0.717) is 48.2 Å². The van der Waals surface area contributed by atoms with Gasteiger partial charge in [-0.1, -0.05) is 54.1 Å². The number of amides is 1. The molecule has 0 aliphatic heterocycles. The summed E-state index contributed by atoms with van der Waals surface area (Å²) in [6, 6.07) is 28.5. The van der Waals surface area contributed by atoms with Crippen molar-refractivity contribution in [3.63, 3.8) is 0 Å². The third-order valence-electron chi connectivity index (χ3n) is 5.58. The molecule has 0 N–H and O–H groups in total. The summed E-state index contributed by atoms with van der Waals surface area (Å²) in [5.74, 6) is 1.21. The first kappa shape index (κ1) is 24.3. The molecule has 0 fully saturated rings. The molecule has 178 valence electrons. The Bertz CT molecular complexity index is 1230. The van der Waals surface area contributed by atoms with E-state index in [1.54, 1.807) is 37.6 Å². The average Bonchev–Trinajstić information content (AvgIpc) is 2.91. The minimum absolute atomic E-state index is 0.0685. The van der Waals surface area contributed by atoms with Crippen LogP contribution in [-0.2, 0) is 19.6 Å². The molecular formula is C29H27ClN2O3. The van der Waals surface area contributed by atoms with E-state index in [4.69, 9.17) is 21.1 Å². The van der Waals surface area contributed by atoms with Crippen LogP contribution in [0.3, 0.4) is 0 Å². The number of carbonyl (C=O) groups excluding carboxylic acids is 1. The quantitative estimate of drug-likeness (QED) is 0.267. The van der Waals surface area contributed by atoms with Gasteiger partial charge >= 0.3 is 0 Å². The summed E-state index contributed by atoms with van der Waals surface area (Å²) in [6.45, 7) is 1.39. The molecule has 0 radical (unpaired) electrons. The summed E-state index contributed by atoms with van der Waals surface area (Å²) in [4.78, 5) is 19.6. The van der Waals surface area contributed by atoms with Gasteiger partial charge in [0.2, 0.25) is 0 Å². The lowest BCUT2D eigenvalue weighted by atomic mass is 10.1. The van der Waals surface area contributed by atoms with Crippen LogP contribution in [0.5, 0.6) is 11.5 Å². The predicted molar refractivity (Wildman–Crippen MR) is 138 cm³/mol. The second-order valence-electron chi connectivity index (χ2n) is 8.06. The van der Waals surface area contributed by atoms with Crippen molar-refractivity contribution in [2.75, 3.05) is 13.7 Å². The molecule has 0 aliphatic rings. The van der Waals surface area contributed by atoms with Gasteiger partial charge in [-0.05, 0) is 59.7 Å². The molecule has 0 bridgehead atoms. The number of benzene rings is 3. The van der Waals surface area contributed by atoms with Gasteiger partial charge in [-0.25, -0.2) is 0 Å². The monoisotopic (exact) mass is 486 g/mol. The second kappa shape index (κ2) is 12.0. The molecule has 6 heteroatoms. The number of hydrogen-bond acceptors (Lipinski definition) is 4. The first-order chi connectivity index (χ1) is 17.1. The molecule has 0 saturated heterocycles. The van der Waals surface area contributed by atoms with Gasteiger partial charge in [0.25, 0.3) is 5.91 Å². The third-order valence-corrected chi connectivity index (χ3v) is 5.83. The van der Waals surface area contributed by atoms with E-state index >= 15 is 0 Å². The summed E-state index contributed by atoms with van der Waals surface area (Å²) >= 11 is 6.02. The van der Waals surface area contributed by atoms with Crippen LogP contribution in [0, 0.1) is 0 Å². The maximum absolute atomic E-state index is 13.4. The van der Waals surface area contributed by atoms with Gasteiger partial charge in [0.15, 0.2) is 11.5 Å². The van der Waals surface area contributed by atoms with Crippen molar-refractivity contribution in [2.45, 2.75) is 19.6 Å². The van der Waals surface area contributed by atoms with Crippen LogP contribution in [0.15, 0.2) is 97.2 Å². The van der Waals surface area contributed by atoms with Crippen LogP contribution in [0.1, 0.15) is 27.2 Å². The molecule has 0 aliphatic carbocycles. The zero-order valence-electron chi connectivity index (χ0n) is 19.6. The van der Waals surface area contributed by atoms with Crippen LogP contribution in [0.25, 0.3) is 0 Å². The van der Waals surface area contributed by atoms with Gasteiger partial charge in [-0.15, -0.1) is 0 Å². The number of nitrogens with zero attached hydrogens (tertiary/aromatic N) is 2. The van der Waals surface area contributed by atoms with Crippen molar-refractivity contribution in [2.24, 2.45) is 0 Å². The Kier molecular flexibility index (Phi) is 8.36.